The zero-order valence-corrected chi connectivity index (χ0v) is 8.64. The molecule has 0 aliphatic heterocycles. The summed E-state index contributed by atoms with van der Waals surface area (Å²) in [6.45, 7) is 1.89. The van der Waals surface area contributed by atoms with Crippen molar-refractivity contribution in [2.24, 2.45) is 12.9 Å². The number of nitrogens with two attached hydrogens (primary N) is 1. The van der Waals surface area contributed by atoms with Gasteiger partial charge in [-0.25, -0.2) is 5.43 Å². The lowest BCUT2D eigenvalue weighted by molar-refractivity contribution is 0.520. The Balaban J connectivity index is 2.36. The van der Waals surface area contributed by atoms with E-state index in [2.05, 4.69) is 15.7 Å². The van der Waals surface area contributed by atoms with Crippen LogP contribution < -0.4 is 11.3 Å². The molecule has 0 bridgehead atoms. The summed E-state index contributed by atoms with van der Waals surface area (Å²) < 4.78 is 6.91. The third-order valence-corrected chi connectivity index (χ3v) is 2.30. The maximum atomic E-state index is 5.51. The standard InChI is InChI=1S/C9H13N5O/c1-6-3-7(5-15-6)9(12-10)8-4-11-13-14(8)2/h3-5,9,12H,10H2,1-2H3. The number of hydrazine groups is 1. The van der Waals surface area contributed by atoms with Crippen molar-refractivity contribution < 1.29 is 4.42 Å². The predicted molar refractivity (Wildman–Crippen MR) is 53.6 cm³/mol. The van der Waals surface area contributed by atoms with E-state index < -0.39 is 0 Å². The van der Waals surface area contributed by atoms with Gasteiger partial charge in [0.05, 0.1) is 24.2 Å². The summed E-state index contributed by atoms with van der Waals surface area (Å²) in [4.78, 5) is 0. The van der Waals surface area contributed by atoms with E-state index in [4.69, 9.17) is 10.3 Å². The molecule has 1 unspecified atom stereocenters. The van der Waals surface area contributed by atoms with E-state index >= 15 is 0 Å². The lowest BCUT2D eigenvalue weighted by atomic mass is 10.1. The van der Waals surface area contributed by atoms with E-state index in [0.29, 0.717) is 0 Å². The Hall–Kier alpha value is -1.66. The fraction of sp³-hybridized carbons (Fsp3) is 0.333. The summed E-state index contributed by atoms with van der Waals surface area (Å²) >= 11 is 0. The lowest BCUT2D eigenvalue weighted by Crippen LogP contribution is -2.30. The summed E-state index contributed by atoms with van der Waals surface area (Å²) in [5.41, 5.74) is 4.56. The Labute approximate surface area is 87.0 Å². The van der Waals surface area contributed by atoms with E-state index in [1.54, 1.807) is 17.1 Å². The summed E-state index contributed by atoms with van der Waals surface area (Å²) in [5.74, 6) is 6.36. The molecule has 6 nitrogen and oxygen atoms in total. The minimum absolute atomic E-state index is 0.151. The van der Waals surface area contributed by atoms with Crippen LogP contribution in [0.15, 0.2) is 22.9 Å². The Morgan fingerprint density at radius 2 is 2.40 bits per heavy atom. The number of hydrogen-bond acceptors (Lipinski definition) is 5. The topological polar surface area (TPSA) is 81.9 Å². The van der Waals surface area contributed by atoms with Gasteiger partial charge in [-0.1, -0.05) is 5.21 Å². The van der Waals surface area contributed by atoms with Gasteiger partial charge in [0.25, 0.3) is 0 Å². The van der Waals surface area contributed by atoms with Crippen molar-refractivity contribution in [1.29, 1.82) is 0 Å². The highest BCUT2D eigenvalue weighted by Crippen LogP contribution is 2.21. The van der Waals surface area contributed by atoms with Gasteiger partial charge in [-0.2, -0.15) is 0 Å². The van der Waals surface area contributed by atoms with Crippen molar-refractivity contribution in [1.82, 2.24) is 20.4 Å². The van der Waals surface area contributed by atoms with Crippen LogP contribution in [-0.4, -0.2) is 15.0 Å². The highest BCUT2D eigenvalue weighted by Gasteiger charge is 2.18. The number of hydrogen-bond donors (Lipinski definition) is 2. The van der Waals surface area contributed by atoms with Crippen LogP contribution in [0.1, 0.15) is 23.1 Å². The molecule has 0 fully saturated rings. The van der Waals surface area contributed by atoms with Gasteiger partial charge in [0.1, 0.15) is 5.76 Å². The number of aromatic nitrogens is 3. The molecule has 15 heavy (non-hydrogen) atoms. The molecule has 0 amide bonds. The first kappa shape index (κ1) is 9.88. The molecule has 0 spiro atoms. The number of furan rings is 1. The molecule has 0 aliphatic carbocycles. The second-order valence-electron chi connectivity index (χ2n) is 3.37. The number of nitrogens with one attached hydrogen (secondary N) is 1. The normalized spacial score (nSPS) is 13.0. The first-order valence-electron chi connectivity index (χ1n) is 4.58. The van der Waals surface area contributed by atoms with Gasteiger partial charge in [0, 0.05) is 12.6 Å². The molecule has 1 atom stereocenters. The minimum Gasteiger partial charge on any atom is -0.469 e. The summed E-state index contributed by atoms with van der Waals surface area (Å²) in [6.07, 6.45) is 3.35. The highest BCUT2D eigenvalue weighted by molar-refractivity contribution is 5.24. The minimum atomic E-state index is -0.151. The molecule has 2 aromatic rings. The fourth-order valence-electron chi connectivity index (χ4n) is 1.53. The molecular formula is C9H13N5O. The maximum absolute atomic E-state index is 5.51. The largest absolute Gasteiger partial charge is 0.469 e. The molecule has 3 N–H and O–H groups in total. The number of aryl methyl sites for hydroxylation is 2. The molecule has 0 radical (unpaired) electrons. The first-order chi connectivity index (χ1) is 7.22. The van der Waals surface area contributed by atoms with Crippen LogP contribution >= 0.6 is 0 Å². The second-order valence-corrected chi connectivity index (χ2v) is 3.37. The van der Waals surface area contributed by atoms with Gasteiger partial charge < -0.3 is 4.42 Å². The monoisotopic (exact) mass is 207 g/mol. The Morgan fingerprint density at radius 3 is 2.87 bits per heavy atom. The van der Waals surface area contributed by atoms with Crippen molar-refractivity contribution in [3.05, 3.63) is 35.5 Å². The van der Waals surface area contributed by atoms with E-state index in [1.807, 2.05) is 20.0 Å². The van der Waals surface area contributed by atoms with Crippen molar-refractivity contribution in [3.63, 3.8) is 0 Å². The van der Waals surface area contributed by atoms with Crippen LogP contribution in [0.5, 0.6) is 0 Å². The third kappa shape index (κ3) is 1.77. The zero-order valence-electron chi connectivity index (χ0n) is 8.64. The summed E-state index contributed by atoms with van der Waals surface area (Å²) in [6, 6.07) is 1.78. The average molecular weight is 207 g/mol. The van der Waals surface area contributed by atoms with Crippen molar-refractivity contribution in [3.8, 4) is 0 Å². The Morgan fingerprint density at radius 1 is 1.60 bits per heavy atom. The van der Waals surface area contributed by atoms with Crippen molar-refractivity contribution in [2.75, 3.05) is 0 Å². The van der Waals surface area contributed by atoms with Crippen LogP contribution in [0, 0.1) is 6.92 Å². The molecule has 0 aliphatic rings. The third-order valence-electron chi connectivity index (χ3n) is 2.30. The van der Waals surface area contributed by atoms with E-state index in [-0.39, 0.29) is 6.04 Å². The predicted octanol–water partition coefficient (Wildman–Crippen LogP) is 0.269. The number of nitrogens with zero attached hydrogens (tertiary/aromatic N) is 3. The summed E-state index contributed by atoms with van der Waals surface area (Å²) in [7, 11) is 1.82. The van der Waals surface area contributed by atoms with Gasteiger partial charge in [0.2, 0.25) is 0 Å². The molecule has 80 valence electrons. The van der Waals surface area contributed by atoms with Crippen molar-refractivity contribution in [2.45, 2.75) is 13.0 Å². The molecule has 0 saturated carbocycles. The molecule has 2 heterocycles. The molecular weight excluding hydrogens is 194 g/mol. The second kappa shape index (κ2) is 3.84. The van der Waals surface area contributed by atoms with E-state index in [1.165, 1.54) is 0 Å². The van der Waals surface area contributed by atoms with Crippen LogP contribution in [-0.2, 0) is 7.05 Å². The van der Waals surface area contributed by atoms with Crippen LogP contribution in [0.2, 0.25) is 0 Å². The molecule has 2 aromatic heterocycles. The van der Waals surface area contributed by atoms with Crippen molar-refractivity contribution >= 4 is 0 Å². The van der Waals surface area contributed by atoms with E-state index in [9.17, 15) is 0 Å². The van der Waals surface area contributed by atoms with E-state index in [0.717, 1.165) is 17.0 Å². The SMILES string of the molecule is Cc1cc(C(NN)c2cnnn2C)co1. The van der Waals surface area contributed by atoms with Gasteiger partial charge in [0.15, 0.2) is 0 Å². The molecule has 6 heteroatoms. The van der Waals surface area contributed by atoms with Crippen LogP contribution in [0.25, 0.3) is 0 Å². The fourth-order valence-corrected chi connectivity index (χ4v) is 1.53. The summed E-state index contributed by atoms with van der Waals surface area (Å²) in [5, 5.41) is 7.67. The van der Waals surface area contributed by atoms with Gasteiger partial charge >= 0.3 is 0 Å². The first-order valence-corrected chi connectivity index (χ1v) is 4.58. The van der Waals surface area contributed by atoms with Gasteiger partial charge in [-0.05, 0) is 13.0 Å². The zero-order chi connectivity index (χ0) is 10.8. The smallest absolute Gasteiger partial charge is 0.101 e. The Bertz CT molecular complexity index is 447. The van der Waals surface area contributed by atoms with Crippen LogP contribution in [0.4, 0.5) is 0 Å². The maximum Gasteiger partial charge on any atom is 0.101 e. The molecule has 0 saturated heterocycles. The Kier molecular flexibility index (Phi) is 2.53. The average Bonchev–Trinajstić information content (AvgIpc) is 2.79. The van der Waals surface area contributed by atoms with Crippen LogP contribution in [0.3, 0.4) is 0 Å². The molecule has 0 aromatic carbocycles. The lowest BCUT2D eigenvalue weighted by Gasteiger charge is -2.12. The van der Waals surface area contributed by atoms with Gasteiger partial charge in [-0.15, -0.1) is 5.10 Å². The highest BCUT2D eigenvalue weighted by atomic mass is 16.3. The quantitative estimate of drug-likeness (QED) is 0.557. The number of rotatable bonds is 3. The molecule has 2 rings (SSSR count). The van der Waals surface area contributed by atoms with Gasteiger partial charge in [-0.3, -0.25) is 10.5 Å².